The van der Waals surface area contributed by atoms with Gasteiger partial charge in [-0.15, -0.1) is 11.6 Å². The minimum atomic E-state index is -0.219. The van der Waals surface area contributed by atoms with Crippen molar-refractivity contribution in [1.29, 1.82) is 0 Å². The van der Waals surface area contributed by atoms with Crippen LogP contribution in [0, 0.1) is 6.92 Å². The fourth-order valence-electron chi connectivity index (χ4n) is 1.64. The van der Waals surface area contributed by atoms with Crippen molar-refractivity contribution in [2.24, 2.45) is 0 Å². The molecule has 100 valence electrons. The molecule has 0 spiro atoms. The Balaban J connectivity index is 2.77. The Morgan fingerprint density at radius 1 is 1.50 bits per heavy atom. The lowest BCUT2D eigenvalue weighted by Crippen LogP contribution is -2.34. The molecule has 1 unspecified atom stereocenters. The quantitative estimate of drug-likeness (QED) is 0.780. The average Bonchev–Trinajstić information content (AvgIpc) is 2.31. The molecule has 1 rings (SSSR count). The fourth-order valence-corrected chi connectivity index (χ4v) is 2.15. The number of alkyl halides is 1. The van der Waals surface area contributed by atoms with Gasteiger partial charge in [0.25, 0.3) is 5.91 Å². The summed E-state index contributed by atoms with van der Waals surface area (Å²) in [6, 6.07) is 5.27. The third kappa shape index (κ3) is 4.16. The molecule has 0 aliphatic heterocycles. The molecule has 0 heterocycles. The van der Waals surface area contributed by atoms with E-state index in [1.54, 1.807) is 31.2 Å². The zero-order valence-corrected chi connectivity index (χ0v) is 12.3. The summed E-state index contributed by atoms with van der Waals surface area (Å²) in [5, 5.41) is 0.333. The Morgan fingerprint density at radius 2 is 2.17 bits per heavy atom. The van der Waals surface area contributed by atoms with Crippen LogP contribution in [-0.4, -0.2) is 43.5 Å². The van der Waals surface area contributed by atoms with Crippen LogP contribution < -0.4 is 0 Å². The van der Waals surface area contributed by atoms with Crippen LogP contribution in [0.15, 0.2) is 18.2 Å². The van der Waals surface area contributed by atoms with Gasteiger partial charge in [-0.25, -0.2) is 0 Å². The lowest BCUT2D eigenvalue weighted by Gasteiger charge is -2.21. The molecule has 0 bridgehead atoms. The average molecular weight is 290 g/mol. The molecular weight excluding hydrogens is 273 g/mol. The van der Waals surface area contributed by atoms with Crippen molar-refractivity contribution in [2.75, 3.05) is 27.3 Å². The predicted octanol–water partition coefficient (Wildman–Crippen LogP) is 2.97. The zero-order chi connectivity index (χ0) is 13.7. The number of methoxy groups -OCH3 is 1. The van der Waals surface area contributed by atoms with E-state index in [0.29, 0.717) is 23.7 Å². The van der Waals surface area contributed by atoms with Crippen LogP contribution >= 0.6 is 23.2 Å². The van der Waals surface area contributed by atoms with Gasteiger partial charge in [0, 0.05) is 31.3 Å². The number of hydrogen-bond donors (Lipinski definition) is 0. The summed E-state index contributed by atoms with van der Waals surface area (Å²) < 4.78 is 4.94. The summed E-state index contributed by atoms with van der Waals surface area (Å²) in [5.41, 5.74) is 1.50. The van der Waals surface area contributed by atoms with Gasteiger partial charge in [-0.3, -0.25) is 4.79 Å². The highest BCUT2D eigenvalue weighted by Gasteiger charge is 2.17. The van der Waals surface area contributed by atoms with E-state index in [0.717, 1.165) is 5.56 Å². The van der Waals surface area contributed by atoms with E-state index >= 15 is 0 Å². The number of rotatable bonds is 5. The van der Waals surface area contributed by atoms with Gasteiger partial charge in [0.15, 0.2) is 0 Å². The number of carbonyl (C=O) groups excluding carboxylic acids is 1. The number of benzene rings is 1. The smallest absolute Gasteiger partial charge is 0.253 e. The van der Waals surface area contributed by atoms with Crippen molar-refractivity contribution in [3.63, 3.8) is 0 Å². The third-order valence-corrected chi connectivity index (χ3v) is 3.10. The number of halogens is 2. The molecule has 0 N–H and O–H groups in total. The van der Waals surface area contributed by atoms with E-state index in [1.807, 2.05) is 13.0 Å². The second-order valence-corrected chi connectivity index (χ2v) is 5.25. The summed E-state index contributed by atoms with van der Waals surface area (Å²) in [4.78, 5) is 13.8. The predicted molar refractivity (Wildman–Crippen MR) is 74.7 cm³/mol. The van der Waals surface area contributed by atoms with Gasteiger partial charge in [-0.1, -0.05) is 17.7 Å². The molecule has 1 aromatic carbocycles. The monoisotopic (exact) mass is 289 g/mol. The summed E-state index contributed by atoms with van der Waals surface area (Å²) in [7, 11) is 3.30. The number of amides is 1. The maximum absolute atomic E-state index is 12.2. The largest absolute Gasteiger partial charge is 0.383 e. The van der Waals surface area contributed by atoms with Crippen molar-refractivity contribution in [2.45, 2.75) is 12.3 Å². The van der Waals surface area contributed by atoms with Gasteiger partial charge in [0.05, 0.1) is 12.0 Å². The Bertz CT molecular complexity index is 423. The highest BCUT2D eigenvalue weighted by Crippen LogP contribution is 2.17. The molecule has 1 atom stereocenters. The van der Waals surface area contributed by atoms with Crippen LogP contribution in [0.25, 0.3) is 0 Å². The number of nitrogens with zero attached hydrogens (tertiary/aromatic N) is 1. The molecule has 0 radical (unpaired) electrons. The maximum Gasteiger partial charge on any atom is 0.253 e. The fraction of sp³-hybridized carbons (Fsp3) is 0.462. The second kappa shape index (κ2) is 6.98. The van der Waals surface area contributed by atoms with Crippen molar-refractivity contribution >= 4 is 29.1 Å². The molecule has 0 aromatic heterocycles. The van der Waals surface area contributed by atoms with E-state index in [2.05, 4.69) is 0 Å². The van der Waals surface area contributed by atoms with Gasteiger partial charge < -0.3 is 9.64 Å². The first-order chi connectivity index (χ1) is 8.45. The summed E-state index contributed by atoms with van der Waals surface area (Å²) in [5.74, 6) is -0.0863. The van der Waals surface area contributed by atoms with Gasteiger partial charge in [0.2, 0.25) is 0 Å². The molecule has 0 saturated heterocycles. The van der Waals surface area contributed by atoms with Crippen LogP contribution in [0.4, 0.5) is 0 Å². The minimum Gasteiger partial charge on any atom is -0.383 e. The zero-order valence-electron chi connectivity index (χ0n) is 10.7. The molecule has 18 heavy (non-hydrogen) atoms. The molecule has 5 heteroatoms. The van der Waals surface area contributed by atoms with E-state index in [9.17, 15) is 4.79 Å². The van der Waals surface area contributed by atoms with Crippen LogP contribution in [0.3, 0.4) is 0 Å². The normalized spacial score (nSPS) is 12.3. The lowest BCUT2D eigenvalue weighted by atomic mass is 10.1. The highest BCUT2D eigenvalue weighted by molar-refractivity contribution is 6.31. The molecule has 0 saturated carbocycles. The molecule has 3 nitrogen and oxygen atoms in total. The van der Waals surface area contributed by atoms with Gasteiger partial charge in [0.1, 0.15) is 0 Å². The maximum atomic E-state index is 12.2. The Hall–Kier alpha value is -0.770. The molecule has 0 aliphatic rings. The van der Waals surface area contributed by atoms with Crippen LogP contribution in [0.2, 0.25) is 5.02 Å². The van der Waals surface area contributed by atoms with Crippen molar-refractivity contribution in [3.8, 4) is 0 Å². The van der Waals surface area contributed by atoms with Crippen LogP contribution in [-0.2, 0) is 4.74 Å². The summed E-state index contributed by atoms with van der Waals surface area (Å²) >= 11 is 11.9. The van der Waals surface area contributed by atoms with Crippen molar-refractivity contribution in [1.82, 2.24) is 4.90 Å². The Kier molecular flexibility index (Phi) is 5.93. The van der Waals surface area contributed by atoms with Crippen LogP contribution in [0.1, 0.15) is 15.9 Å². The number of carbonyl (C=O) groups is 1. The van der Waals surface area contributed by atoms with Gasteiger partial charge >= 0.3 is 0 Å². The van der Waals surface area contributed by atoms with E-state index in [4.69, 9.17) is 27.9 Å². The minimum absolute atomic E-state index is 0.0863. The van der Waals surface area contributed by atoms with Gasteiger partial charge in [-0.2, -0.15) is 0 Å². The topological polar surface area (TPSA) is 29.5 Å². The van der Waals surface area contributed by atoms with E-state index in [-0.39, 0.29) is 11.3 Å². The van der Waals surface area contributed by atoms with E-state index < -0.39 is 0 Å². The van der Waals surface area contributed by atoms with Crippen molar-refractivity contribution < 1.29 is 9.53 Å². The molecular formula is C13H17Cl2NO2. The first kappa shape index (κ1) is 15.3. The third-order valence-electron chi connectivity index (χ3n) is 2.60. The van der Waals surface area contributed by atoms with Crippen LogP contribution in [0.5, 0.6) is 0 Å². The highest BCUT2D eigenvalue weighted by atomic mass is 35.5. The van der Waals surface area contributed by atoms with E-state index in [1.165, 1.54) is 0 Å². The summed E-state index contributed by atoms with van der Waals surface area (Å²) in [6.45, 7) is 2.72. The second-order valence-electron chi connectivity index (χ2n) is 4.20. The first-order valence-corrected chi connectivity index (χ1v) is 6.41. The molecule has 1 aromatic rings. The Morgan fingerprint density at radius 3 is 2.78 bits per heavy atom. The SMILES string of the molecule is COCC(Cl)CN(C)C(=O)c1cc(Cl)ccc1C. The van der Waals surface area contributed by atoms with Crippen molar-refractivity contribution in [3.05, 3.63) is 34.3 Å². The Labute approximate surface area is 118 Å². The number of hydrogen-bond acceptors (Lipinski definition) is 2. The number of ether oxygens (including phenoxy) is 1. The lowest BCUT2D eigenvalue weighted by molar-refractivity contribution is 0.0781. The summed E-state index contributed by atoms with van der Waals surface area (Å²) in [6.07, 6.45) is 0. The number of aryl methyl sites for hydroxylation is 1. The van der Waals surface area contributed by atoms with Gasteiger partial charge in [-0.05, 0) is 24.6 Å². The first-order valence-electron chi connectivity index (χ1n) is 5.60. The molecule has 0 fully saturated rings. The molecule has 0 aliphatic carbocycles. The molecule has 1 amide bonds. The standard InChI is InChI=1S/C13H17Cl2NO2/c1-9-4-5-10(14)6-12(9)13(17)16(2)7-11(15)8-18-3/h4-6,11H,7-8H2,1-3H3.